The molecular formula is C26H26F2N4O. The van der Waals surface area contributed by atoms with E-state index in [1.54, 1.807) is 12.1 Å². The molecule has 4 heterocycles. The first-order chi connectivity index (χ1) is 16.1. The first kappa shape index (κ1) is 21.4. The highest BCUT2D eigenvalue weighted by molar-refractivity contribution is 5.65. The molecule has 0 aliphatic carbocycles. The Morgan fingerprint density at radius 3 is 2.52 bits per heavy atom. The monoisotopic (exact) mass is 448 g/mol. The molecule has 0 amide bonds. The van der Waals surface area contributed by atoms with E-state index in [1.165, 1.54) is 19.3 Å². The third kappa shape index (κ3) is 4.53. The van der Waals surface area contributed by atoms with Crippen molar-refractivity contribution in [3.05, 3.63) is 77.9 Å². The molecule has 1 aromatic carbocycles. The number of aromatic nitrogens is 3. The number of alkyl halides is 2. The highest BCUT2D eigenvalue weighted by Crippen LogP contribution is 2.28. The lowest BCUT2D eigenvalue weighted by molar-refractivity contribution is -0.0503. The summed E-state index contributed by atoms with van der Waals surface area (Å²) in [5.74, 6) is 1.21. The van der Waals surface area contributed by atoms with Crippen LogP contribution in [0.15, 0.2) is 60.9 Å². The van der Waals surface area contributed by atoms with Gasteiger partial charge >= 0.3 is 6.61 Å². The van der Waals surface area contributed by atoms with E-state index in [4.69, 9.17) is 9.72 Å². The second-order valence-corrected chi connectivity index (χ2v) is 8.41. The summed E-state index contributed by atoms with van der Waals surface area (Å²) in [7, 11) is 0. The number of ether oxygens (including phenoxy) is 1. The molecule has 4 aromatic rings. The second kappa shape index (κ2) is 9.17. The number of para-hydroxylation sites is 1. The topological polar surface area (TPSA) is 42.7 Å². The van der Waals surface area contributed by atoms with E-state index in [2.05, 4.69) is 22.0 Å². The average molecular weight is 449 g/mol. The molecule has 1 fully saturated rings. The Labute approximate surface area is 191 Å². The number of hydrogen-bond acceptors (Lipinski definition) is 4. The summed E-state index contributed by atoms with van der Waals surface area (Å²) in [6, 6.07) is 15.1. The number of pyridine rings is 2. The van der Waals surface area contributed by atoms with Gasteiger partial charge in [-0.3, -0.25) is 0 Å². The fraction of sp³-hybridized carbons (Fsp3) is 0.308. The van der Waals surface area contributed by atoms with Crippen molar-refractivity contribution >= 4 is 11.5 Å². The fourth-order valence-electron chi connectivity index (χ4n) is 4.50. The van der Waals surface area contributed by atoms with Crippen LogP contribution in [0.2, 0.25) is 0 Å². The molecule has 5 rings (SSSR count). The number of hydrogen-bond donors (Lipinski definition) is 0. The van der Waals surface area contributed by atoms with Crippen LogP contribution in [0.4, 0.5) is 14.6 Å². The Morgan fingerprint density at radius 1 is 0.970 bits per heavy atom. The normalized spacial score (nSPS) is 14.2. The van der Waals surface area contributed by atoms with Crippen molar-refractivity contribution in [1.29, 1.82) is 0 Å². The highest BCUT2D eigenvalue weighted by atomic mass is 19.3. The molecule has 1 saturated heterocycles. The van der Waals surface area contributed by atoms with Crippen LogP contribution in [0.25, 0.3) is 16.8 Å². The molecule has 0 radical (unpaired) electrons. The summed E-state index contributed by atoms with van der Waals surface area (Å²) in [5.41, 5.74) is 5.36. The van der Waals surface area contributed by atoms with E-state index in [0.717, 1.165) is 47.1 Å². The van der Waals surface area contributed by atoms with Crippen LogP contribution >= 0.6 is 0 Å². The van der Waals surface area contributed by atoms with Crippen LogP contribution in [0.5, 0.6) is 5.75 Å². The number of aryl methyl sites for hydroxylation is 1. The number of rotatable bonds is 6. The Hall–Kier alpha value is -3.48. The Balaban J connectivity index is 1.46. The minimum Gasteiger partial charge on any atom is -0.435 e. The number of nitrogens with zero attached hydrogens (tertiary/aromatic N) is 4. The van der Waals surface area contributed by atoms with Crippen LogP contribution in [0.3, 0.4) is 0 Å². The number of piperidine rings is 1. The van der Waals surface area contributed by atoms with Gasteiger partial charge in [-0.05, 0) is 56.5 Å². The van der Waals surface area contributed by atoms with E-state index in [9.17, 15) is 8.78 Å². The third-order valence-corrected chi connectivity index (χ3v) is 6.23. The Kier molecular flexibility index (Phi) is 5.94. The van der Waals surface area contributed by atoms with Crippen molar-refractivity contribution in [1.82, 2.24) is 14.4 Å². The van der Waals surface area contributed by atoms with E-state index in [-0.39, 0.29) is 5.75 Å². The fourth-order valence-corrected chi connectivity index (χ4v) is 4.50. The molecule has 0 N–H and O–H groups in total. The predicted octanol–water partition coefficient (Wildman–Crippen LogP) is 5.89. The SMILES string of the molecule is Cc1nc2ccc(-c3ccc(N4CCCCC4)nc3)cn2c1Cc1ccccc1OC(F)F. The lowest BCUT2D eigenvalue weighted by Gasteiger charge is -2.27. The molecule has 1 aliphatic rings. The van der Waals surface area contributed by atoms with Gasteiger partial charge in [-0.15, -0.1) is 0 Å². The van der Waals surface area contributed by atoms with Crippen LogP contribution < -0.4 is 9.64 Å². The first-order valence-corrected chi connectivity index (χ1v) is 11.3. The van der Waals surface area contributed by atoms with Crippen LogP contribution in [-0.2, 0) is 6.42 Å². The quantitative estimate of drug-likeness (QED) is 0.369. The molecule has 0 bridgehead atoms. The Bertz CT molecular complexity index is 1250. The minimum atomic E-state index is -2.86. The van der Waals surface area contributed by atoms with Gasteiger partial charge in [-0.1, -0.05) is 18.2 Å². The van der Waals surface area contributed by atoms with E-state index < -0.39 is 6.61 Å². The number of benzene rings is 1. The second-order valence-electron chi connectivity index (χ2n) is 8.41. The molecule has 3 aromatic heterocycles. The summed E-state index contributed by atoms with van der Waals surface area (Å²) in [4.78, 5) is 11.7. The highest BCUT2D eigenvalue weighted by Gasteiger charge is 2.16. The summed E-state index contributed by atoms with van der Waals surface area (Å²) in [5, 5.41) is 0. The maximum absolute atomic E-state index is 12.9. The summed E-state index contributed by atoms with van der Waals surface area (Å²) in [6.45, 7) is 1.20. The van der Waals surface area contributed by atoms with Crippen LogP contribution in [0, 0.1) is 6.92 Å². The van der Waals surface area contributed by atoms with Crippen LogP contribution in [-0.4, -0.2) is 34.1 Å². The zero-order valence-corrected chi connectivity index (χ0v) is 18.5. The predicted molar refractivity (Wildman–Crippen MR) is 125 cm³/mol. The van der Waals surface area contributed by atoms with Crippen molar-refractivity contribution < 1.29 is 13.5 Å². The standard InChI is InChI=1S/C26H26F2N4O/c1-18-22(15-19-7-3-4-8-23(19)33-26(27)28)32-17-21(10-12-25(32)30-18)20-9-11-24(29-16-20)31-13-5-2-6-14-31/h3-4,7-12,16-17,26H,2,5-6,13-15H2,1H3. The van der Waals surface area contributed by atoms with Gasteiger partial charge in [0.1, 0.15) is 17.2 Å². The van der Waals surface area contributed by atoms with Gasteiger partial charge in [-0.2, -0.15) is 8.78 Å². The van der Waals surface area contributed by atoms with Crippen LogP contribution in [0.1, 0.15) is 36.2 Å². The minimum absolute atomic E-state index is 0.190. The van der Waals surface area contributed by atoms with Crippen molar-refractivity contribution in [2.24, 2.45) is 0 Å². The van der Waals surface area contributed by atoms with E-state index in [0.29, 0.717) is 12.0 Å². The molecule has 0 unspecified atom stereocenters. The molecule has 5 nitrogen and oxygen atoms in total. The van der Waals surface area contributed by atoms with Gasteiger partial charge < -0.3 is 14.0 Å². The van der Waals surface area contributed by atoms with Gasteiger partial charge in [0, 0.05) is 54.3 Å². The number of anilines is 1. The lowest BCUT2D eigenvalue weighted by Crippen LogP contribution is -2.29. The molecule has 7 heteroatoms. The maximum atomic E-state index is 12.9. The van der Waals surface area contributed by atoms with Gasteiger partial charge in [-0.25, -0.2) is 9.97 Å². The number of fused-ring (bicyclic) bond motifs is 1. The van der Waals surface area contributed by atoms with Crippen molar-refractivity contribution in [3.63, 3.8) is 0 Å². The van der Waals surface area contributed by atoms with E-state index >= 15 is 0 Å². The Morgan fingerprint density at radius 2 is 1.76 bits per heavy atom. The summed E-state index contributed by atoms with van der Waals surface area (Å²) >= 11 is 0. The lowest BCUT2D eigenvalue weighted by atomic mass is 10.1. The molecule has 33 heavy (non-hydrogen) atoms. The van der Waals surface area contributed by atoms with Crippen molar-refractivity contribution in [2.45, 2.75) is 39.2 Å². The molecule has 170 valence electrons. The summed E-state index contributed by atoms with van der Waals surface area (Å²) < 4.78 is 32.5. The smallest absolute Gasteiger partial charge is 0.387 e. The summed E-state index contributed by atoms with van der Waals surface area (Å²) in [6.07, 6.45) is 8.12. The number of imidazole rings is 1. The molecular weight excluding hydrogens is 422 g/mol. The van der Waals surface area contributed by atoms with Gasteiger partial charge in [0.05, 0.1) is 5.69 Å². The maximum Gasteiger partial charge on any atom is 0.387 e. The van der Waals surface area contributed by atoms with Crippen molar-refractivity contribution in [2.75, 3.05) is 18.0 Å². The first-order valence-electron chi connectivity index (χ1n) is 11.3. The van der Waals surface area contributed by atoms with Gasteiger partial charge in [0.2, 0.25) is 0 Å². The largest absolute Gasteiger partial charge is 0.435 e. The van der Waals surface area contributed by atoms with Gasteiger partial charge in [0.25, 0.3) is 0 Å². The molecule has 0 saturated carbocycles. The molecule has 0 spiro atoms. The van der Waals surface area contributed by atoms with Gasteiger partial charge in [0.15, 0.2) is 0 Å². The average Bonchev–Trinajstić information content (AvgIpc) is 3.15. The zero-order chi connectivity index (χ0) is 22.8. The number of halogens is 2. The van der Waals surface area contributed by atoms with E-state index in [1.807, 2.05) is 48.0 Å². The third-order valence-electron chi connectivity index (χ3n) is 6.23. The molecule has 0 atom stereocenters. The zero-order valence-electron chi connectivity index (χ0n) is 18.5. The molecule has 1 aliphatic heterocycles. The van der Waals surface area contributed by atoms with Crippen molar-refractivity contribution in [3.8, 4) is 16.9 Å².